The molecule has 3 unspecified atom stereocenters. The normalized spacial score (nSPS) is 30.1. The summed E-state index contributed by atoms with van der Waals surface area (Å²) in [5.74, 6) is 0.0321. The molecule has 0 spiro atoms. The number of amides is 1. The zero-order valence-corrected chi connectivity index (χ0v) is 17.9. The molecule has 2 fully saturated rings. The number of carbonyl (C=O) groups excluding carboxylic acids is 1. The van der Waals surface area contributed by atoms with Gasteiger partial charge in [-0.1, -0.05) is 24.3 Å². The van der Waals surface area contributed by atoms with Gasteiger partial charge in [0.1, 0.15) is 0 Å². The molecule has 0 saturated carbocycles. The van der Waals surface area contributed by atoms with Gasteiger partial charge in [-0.25, -0.2) is 8.42 Å². The van der Waals surface area contributed by atoms with Crippen LogP contribution in [-0.4, -0.2) is 97.6 Å². The molecular formula is C21H31N3O4S. The number of aliphatic hydroxyl groups excluding tert-OH is 1. The lowest BCUT2D eigenvalue weighted by atomic mass is 9.87. The van der Waals surface area contributed by atoms with Crippen LogP contribution in [0.5, 0.6) is 0 Å². The summed E-state index contributed by atoms with van der Waals surface area (Å²) in [6.45, 7) is 3.17. The summed E-state index contributed by atoms with van der Waals surface area (Å²) in [6.07, 6.45) is 2.39. The second-order valence-corrected chi connectivity index (χ2v) is 10.8. The molecule has 1 aliphatic carbocycles. The monoisotopic (exact) mass is 421 g/mol. The van der Waals surface area contributed by atoms with Gasteiger partial charge in [-0.3, -0.25) is 14.6 Å². The van der Waals surface area contributed by atoms with Crippen LogP contribution in [0, 0.1) is 0 Å². The number of rotatable bonds is 4. The van der Waals surface area contributed by atoms with Crippen molar-refractivity contribution < 1.29 is 18.3 Å². The predicted octanol–water partition coefficient (Wildman–Crippen LogP) is 0.298. The zero-order chi connectivity index (χ0) is 20.6. The van der Waals surface area contributed by atoms with Gasteiger partial charge in [0, 0.05) is 33.2 Å². The van der Waals surface area contributed by atoms with Gasteiger partial charge in [0.05, 0.1) is 36.2 Å². The highest BCUT2D eigenvalue weighted by Gasteiger charge is 2.41. The second-order valence-electron chi connectivity index (χ2n) is 8.64. The summed E-state index contributed by atoms with van der Waals surface area (Å²) >= 11 is 0. The summed E-state index contributed by atoms with van der Waals surface area (Å²) < 4.78 is 23.5. The fraction of sp³-hybridized carbons (Fsp3) is 0.667. The second kappa shape index (κ2) is 8.34. The molecule has 1 amide bonds. The lowest BCUT2D eigenvalue weighted by Gasteiger charge is -2.39. The van der Waals surface area contributed by atoms with E-state index in [2.05, 4.69) is 28.0 Å². The van der Waals surface area contributed by atoms with Crippen molar-refractivity contribution in [2.75, 3.05) is 51.3 Å². The summed E-state index contributed by atoms with van der Waals surface area (Å²) in [7, 11) is -1.23. The maximum absolute atomic E-state index is 12.9. The highest BCUT2D eigenvalue weighted by Crippen LogP contribution is 2.33. The maximum Gasteiger partial charge on any atom is 0.237 e. The summed E-state index contributed by atoms with van der Waals surface area (Å²) in [5, 5.41) is 10.1. The number of nitrogens with zero attached hydrogens (tertiary/aromatic N) is 3. The van der Waals surface area contributed by atoms with Crippen LogP contribution in [0.3, 0.4) is 0 Å². The Morgan fingerprint density at radius 2 is 1.90 bits per heavy atom. The minimum absolute atomic E-state index is 0.0386. The van der Waals surface area contributed by atoms with Crippen LogP contribution in [-0.2, 0) is 21.1 Å². The highest BCUT2D eigenvalue weighted by atomic mass is 32.2. The van der Waals surface area contributed by atoms with E-state index < -0.39 is 15.9 Å². The Hall–Kier alpha value is -1.48. The number of sulfone groups is 1. The summed E-state index contributed by atoms with van der Waals surface area (Å²) in [5.41, 5.74) is 2.62. The van der Waals surface area contributed by atoms with Gasteiger partial charge >= 0.3 is 0 Å². The molecule has 2 saturated heterocycles. The van der Waals surface area contributed by atoms with Crippen LogP contribution in [0.4, 0.5) is 0 Å². The average Bonchev–Trinajstić information content (AvgIpc) is 2.99. The fourth-order valence-electron chi connectivity index (χ4n) is 5.02. The first-order chi connectivity index (χ1) is 13.8. The first-order valence-corrected chi connectivity index (χ1v) is 12.3. The van der Waals surface area contributed by atoms with E-state index in [-0.39, 0.29) is 29.5 Å². The Morgan fingerprint density at radius 3 is 2.59 bits per heavy atom. The molecule has 3 atom stereocenters. The Balaban J connectivity index is 1.31. The summed E-state index contributed by atoms with van der Waals surface area (Å²) in [6, 6.07) is 8.26. The molecule has 3 aliphatic rings. The third-order valence-corrected chi connectivity index (χ3v) is 8.43. The highest BCUT2D eigenvalue weighted by molar-refractivity contribution is 7.91. The van der Waals surface area contributed by atoms with Crippen molar-refractivity contribution in [3.63, 3.8) is 0 Å². The van der Waals surface area contributed by atoms with Crippen molar-refractivity contribution >= 4 is 15.7 Å². The topological polar surface area (TPSA) is 81.2 Å². The number of hydrogen-bond acceptors (Lipinski definition) is 6. The summed E-state index contributed by atoms with van der Waals surface area (Å²) in [4.78, 5) is 19.1. The number of likely N-dealkylation sites (N-methyl/N-ethyl adjacent to an activating group) is 1. The van der Waals surface area contributed by atoms with E-state index in [0.717, 1.165) is 19.3 Å². The van der Waals surface area contributed by atoms with Crippen molar-refractivity contribution in [3.05, 3.63) is 35.4 Å². The van der Waals surface area contributed by atoms with E-state index in [0.29, 0.717) is 32.7 Å². The number of carbonyl (C=O) groups is 1. The number of fused-ring (bicyclic) bond motifs is 1. The van der Waals surface area contributed by atoms with Crippen LogP contribution in [0.25, 0.3) is 0 Å². The quantitative estimate of drug-likeness (QED) is 0.753. The molecule has 29 heavy (non-hydrogen) atoms. The van der Waals surface area contributed by atoms with Gasteiger partial charge in [-0.05, 0) is 30.4 Å². The van der Waals surface area contributed by atoms with E-state index in [9.17, 15) is 18.3 Å². The molecule has 0 bridgehead atoms. The number of aliphatic hydroxyl groups is 1. The Labute approximate surface area is 173 Å². The van der Waals surface area contributed by atoms with E-state index >= 15 is 0 Å². The minimum Gasteiger partial charge on any atom is -0.390 e. The number of piperazine rings is 1. The molecule has 1 N–H and O–H groups in total. The lowest BCUT2D eigenvalue weighted by molar-refractivity contribution is -0.134. The molecule has 4 rings (SSSR count). The third kappa shape index (κ3) is 4.50. The maximum atomic E-state index is 12.9. The molecule has 0 radical (unpaired) electrons. The van der Waals surface area contributed by atoms with Crippen LogP contribution < -0.4 is 0 Å². The lowest BCUT2D eigenvalue weighted by Crippen LogP contribution is -2.55. The molecule has 1 aromatic carbocycles. The molecule has 1 aromatic rings. The smallest absolute Gasteiger partial charge is 0.237 e. The van der Waals surface area contributed by atoms with Gasteiger partial charge in [0.25, 0.3) is 0 Å². The van der Waals surface area contributed by atoms with E-state index in [1.165, 1.54) is 11.1 Å². The Morgan fingerprint density at radius 1 is 1.17 bits per heavy atom. The van der Waals surface area contributed by atoms with Crippen molar-refractivity contribution in [1.82, 2.24) is 14.7 Å². The standard InChI is InChI=1S/C21H31N3O4S/c1-22(18-8-4-6-16-5-2-3-7-17(16)18)21(26)13-23-9-11-24(12-10-23)19-14-29(27,28)15-20(19)25/h2-3,5,7,18-20,25H,4,6,8-15H2,1H3. The third-order valence-electron chi connectivity index (χ3n) is 6.73. The van der Waals surface area contributed by atoms with Crippen LogP contribution in [0.2, 0.25) is 0 Å². The minimum atomic E-state index is -3.14. The van der Waals surface area contributed by atoms with Crippen molar-refractivity contribution in [2.24, 2.45) is 0 Å². The van der Waals surface area contributed by atoms with Gasteiger partial charge in [-0.15, -0.1) is 0 Å². The number of benzene rings is 1. The van der Waals surface area contributed by atoms with E-state index in [4.69, 9.17) is 0 Å². The van der Waals surface area contributed by atoms with Crippen molar-refractivity contribution in [2.45, 2.75) is 37.5 Å². The molecule has 2 heterocycles. The largest absolute Gasteiger partial charge is 0.390 e. The number of hydrogen-bond donors (Lipinski definition) is 1. The SMILES string of the molecule is CN(C(=O)CN1CCN(C2CS(=O)(=O)CC2O)CC1)C1CCCc2ccccc21. The van der Waals surface area contributed by atoms with Crippen molar-refractivity contribution in [1.29, 1.82) is 0 Å². The van der Waals surface area contributed by atoms with Gasteiger partial charge in [0.2, 0.25) is 5.91 Å². The number of aryl methyl sites for hydroxylation is 1. The van der Waals surface area contributed by atoms with E-state index in [1.807, 2.05) is 18.0 Å². The van der Waals surface area contributed by atoms with Gasteiger partial charge < -0.3 is 10.0 Å². The first-order valence-electron chi connectivity index (χ1n) is 10.5. The molecule has 2 aliphatic heterocycles. The van der Waals surface area contributed by atoms with Gasteiger partial charge in [-0.2, -0.15) is 0 Å². The van der Waals surface area contributed by atoms with Crippen molar-refractivity contribution in [3.8, 4) is 0 Å². The van der Waals surface area contributed by atoms with E-state index in [1.54, 1.807) is 0 Å². The molecular weight excluding hydrogens is 390 g/mol. The molecule has 0 aromatic heterocycles. The Bertz CT molecular complexity index is 851. The Kier molecular flexibility index (Phi) is 5.97. The van der Waals surface area contributed by atoms with Crippen LogP contribution in [0.15, 0.2) is 24.3 Å². The zero-order valence-electron chi connectivity index (χ0n) is 17.0. The van der Waals surface area contributed by atoms with Crippen LogP contribution in [0.1, 0.15) is 30.0 Å². The van der Waals surface area contributed by atoms with Gasteiger partial charge in [0.15, 0.2) is 9.84 Å². The average molecular weight is 422 g/mol. The molecule has 160 valence electrons. The van der Waals surface area contributed by atoms with Crippen LogP contribution >= 0.6 is 0 Å². The predicted molar refractivity (Wildman–Crippen MR) is 111 cm³/mol. The molecule has 7 nitrogen and oxygen atoms in total. The molecule has 8 heteroatoms. The fourth-order valence-corrected chi connectivity index (χ4v) is 6.85. The first kappa shape index (κ1) is 20.8.